The van der Waals surface area contributed by atoms with Gasteiger partial charge < -0.3 is 4.90 Å². The second kappa shape index (κ2) is 4.45. The first-order valence-electron chi connectivity index (χ1n) is 4.14. The molecule has 0 saturated heterocycles. The molecular weight excluding hydrogens is 162 g/mol. The molecule has 0 aliphatic heterocycles. The highest BCUT2D eigenvalue weighted by Crippen LogP contribution is 2.00. The Morgan fingerprint density at radius 3 is 2.38 bits per heavy atom. The van der Waals surface area contributed by atoms with Crippen molar-refractivity contribution < 1.29 is 4.79 Å². The molecule has 1 amide bonds. The monoisotopic (exact) mass is 175 g/mol. The summed E-state index contributed by atoms with van der Waals surface area (Å²) in [5.41, 5.74) is 1.04. The highest BCUT2D eigenvalue weighted by Gasteiger charge is 1.95. The van der Waals surface area contributed by atoms with Crippen LogP contribution < -0.4 is 0 Å². The third-order valence-corrected chi connectivity index (χ3v) is 1.66. The van der Waals surface area contributed by atoms with Crippen molar-refractivity contribution in [3.63, 3.8) is 0 Å². The van der Waals surface area contributed by atoms with Crippen molar-refractivity contribution in [1.29, 1.82) is 0 Å². The van der Waals surface area contributed by atoms with Crippen molar-refractivity contribution in [3.8, 4) is 0 Å². The van der Waals surface area contributed by atoms with E-state index < -0.39 is 0 Å². The number of rotatable bonds is 2. The Balaban J connectivity index is 2.64. The highest BCUT2D eigenvalue weighted by molar-refractivity contribution is 5.91. The fourth-order valence-electron chi connectivity index (χ4n) is 0.881. The number of nitrogens with zero attached hydrogens (tertiary/aromatic N) is 1. The van der Waals surface area contributed by atoms with Crippen LogP contribution >= 0.6 is 0 Å². The van der Waals surface area contributed by atoms with Gasteiger partial charge >= 0.3 is 0 Å². The fraction of sp³-hybridized carbons (Fsp3) is 0.182. The van der Waals surface area contributed by atoms with E-state index in [4.69, 9.17) is 0 Å². The highest BCUT2D eigenvalue weighted by atomic mass is 16.2. The Morgan fingerprint density at radius 1 is 1.23 bits per heavy atom. The standard InChI is InChI=1S/C11H13NO/c1-12(2)11(13)9-8-10-6-4-3-5-7-10/h3-9H,1-2H3/b9-8+. The molecule has 2 nitrogen and oxygen atoms in total. The number of benzene rings is 1. The molecule has 68 valence electrons. The molecule has 13 heavy (non-hydrogen) atoms. The van der Waals surface area contributed by atoms with Gasteiger partial charge in [-0.2, -0.15) is 0 Å². The molecule has 0 radical (unpaired) electrons. The number of amides is 1. The molecule has 0 bridgehead atoms. The lowest BCUT2D eigenvalue weighted by atomic mass is 10.2. The summed E-state index contributed by atoms with van der Waals surface area (Å²) in [5, 5.41) is 0. The maximum atomic E-state index is 11.2. The second-order valence-corrected chi connectivity index (χ2v) is 2.98. The Kier molecular flexibility index (Phi) is 3.26. The van der Waals surface area contributed by atoms with Gasteiger partial charge in [0.05, 0.1) is 0 Å². The Morgan fingerprint density at radius 2 is 1.85 bits per heavy atom. The summed E-state index contributed by atoms with van der Waals surface area (Å²) in [7, 11) is 3.47. The second-order valence-electron chi connectivity index (χ2n) is 2.98. The van der Waals surface area contributed by atoms with Crippen LogP contribution in [0.5, 0.6) is 0 Å². The minimum Gasteiger partial charge on any atom is -0.345 e. The fourth-order valence-corrected chi connectivity index (χ4v) is 0.881. The van der Waals surface area contributed by atoms with Gasteiger partial charge in [-0.3, -0.25) is 4.79 Å². The molecule has 0 N–H and O–H groups in total. The van der Waals surface area contributed by atoms with E-state index in [1.807, 2.05) is 36.4 Å². The number of carbonyl (C=O) groups is 1. The normalized spacial score (nSPS) is 10.3. The van der Waals surface area contributed by atoms with Crippen LogP contribution in [0.2, 0.25) is 0 Å². The van der Waals surface area contributed by atoms with E-state index in [0.29, 0.717) is 0 Å². The molecule has 1 aromatic rings. The van der Waals surface area contributed by atoms with Gasteiger partial charge in [-0.15, -0.1) is 0 Å². The molecule has 0 fully saturated rings. The summed E-state index contributed by atoms with van der Waals surface area (Å²) in [6.45, 7) is 0. The Labute approximate surface area is 78.5 Å². The van der Waals surface area contributed by atoms with E-state index in [-0.39, 0.29) is 5.91 Å². The van der Waals surface area contributed by atoms with Gasteiger partial charge in [0.15, 0.2) is 0 Å². The van der Waals surface area contributed by atoms with E-state index in [1.54, 1.807) is 25.1 Å². The lowest BCUT2D eigenvalue weighted by molar-refractivity contribution is -0.123. The van der Waals surface area contributed by atoms with E-state index in [0.717, 1.165) is 5.56 Å². The molecule has 0 atom stereocenters. The summed E-state index contributed by atoms with van der Waals surface area (Å²) in [4.78, 5) is 12.7. The summed E-state index contributed by atoms with van der Waals surface area (Å²) >= 11 is 0. The average molecular weight is 175 g/mol. The van der Waals surface area contributed by atoms with Crippen molar-refractivity contribution in [3.05, 3.63) is 42.0 Å². The van der Waals surface area contributed by atoms with Gasteiger partial charge in [-0.25, -0.2) is 0 Å². The molecule has 0 aliphatic carbocycles. The third-order valence-electron chi connectivity index (χ3n) is 1.66. The zero-order chi connectivity index (χ0) is 9.68. The smallest absolute Gasteiger partial charge is 0.246 e. The SMILES string of the molecule is CN(C)C(=O)/C=C/c1ccccc1. The predicted molar refractivity (Wildman–Crippen MR) is 54.2 cm³/mol. The zero-order valence-electron chi connectivity index (χ0n) is 7.90. The van der Waals surface area contributed by atoms with E-state index in [1.165, 1.54) is 0 Å². The van der Waals surface area contributed by atoms with Crippen LogP contribution in [0.15, 0.2) is 36.4 Å². The van der Waals surface area contributed by atoms with Crippen LogP contribution in [0, 0.1) is 0 Å². The average Bonchev–Trinajstić information content (AvgIpc) is 2.15. The first-order chi connectivity index (χ1) is 6.20. The van der Waals surface area contributed by atoms with E-state index in [2.05, 4.69) is 0 Å². The minimum atomic E-state index is 0.00357. The van der Waals surface area contributed by atoms with Gasteiger partial charge in [-0.1, -0.05) is 30.3 Å². The van der Waals surface area contributed by atoms with Crippen molar-refractivity contribution in [2.45, 2.75) is 0 Å². The summed E-state index contributed by atoms with van der Waals surface area (Å²) in [6, 6.07) is 9.75. The van der Waals surface area contributed by atoms with Crippen molar-refractivity contribution in [2.24, 2.45) is 0 Å². The van der Waals surface area contributed by atoms with Crippen LogP contribution in [0.25, 0.3) is 6.08 Å². The van der Waals surface area contributed by atoms with Gasteiger partial charge in [0, 0.05) is 20.2 Å². The van der Waals surface area contributed by atoms with Crippen LogP contribution in [0.4, 0.5) is 0 Å². The molecule has 0 aromatic heterocycles. The van der Waals surface area contributed by atoms with Gasteiger partial charge in [0.25, 0.3) is 0 Å². The molecule has 0 unspecified atom stereocenters. The zero-order valence-corrected chi connectivity index (χ0v) is 7.90. The number of likely N-dealkylation sites (N-methyl/N-ethyl adjacent to an activating group) is 1. The number of hydrogen-bond donors (Lipinski definition) is 0. The van der Waals surface area contributed by atoms with Gasteiger partial charge in [0.2, 0.25) is 5.91 Å². The number of hydrogen-bond acceptors (Lipinski definition) is 1. The lowest BCUT2D eigenvalue weighted by Crippen LogP contribution is -2.18. The first-order valence-corrected chi connectivity index (χ1v) is 4.14. The van der Waals surface area contributed by atoms with Crippen LogP contribution in [0.3, 0.4) is 0 Å². The third kappa shape index (κ3) is 3.11. The molecule has 1 rings (SSSR count). The van der Waals surface area contributed by atoms with Crippen molar-refractivity contribution in [2.75, 3.05) is 14.1 Å². The topological polar surface area (TPSA) is 20.3 Å². The van der Waals surface area contributed by atoms with Crippen LogP contribution in [0.1, 0.15) is 5.56 Å². The van der Waals surface area contributed by atoms with E-state index in [9.17, 15) is 4.79 Å². The Hall–Kier alpha value is -1.57. The van der Waals surface area contributed by atoms with Crippen molar-refractivity contribution >= 4 is 12.0 Å². The lowest BCUT2D eigenvalue weighted by Gasteiger charge is -2.04. The molecule has 0 saturated carbocycles. The molecule has 0 spiro atoms. The maximum absolute atomic E-state index is 11.2. The maximum Gasteiger partial charge on any atom is 0.246 e. The van der Waals surface area contributed by atoms with E-state index >= 15 is 0 Å². The molecular formula is C11H13NO. The summed E-state index contributed by atoms with van der Waals surface area (Å²) in [6.07, 6.45) is 3.37. The number of carbonyl (C=O) groups excluding carboxylic acids is 1. The van der Waals surface area contributed by atoms with Crippen LogP contribution in [-0.2, 0) is 4.79 Å². The van der Waals surface area contributed by atoms with Crippen molar-refractivity contribution in [1.82, 2.24) is 4.90 Å². The molecule has 1 aromatic carbocycles. The van der Waals surface area contributed by atoms with Gasteiger partial charge in [0.1, 0.15) is 0 Å². The molecule has 0 heterocycles. The largest absolute Gasteiger partial charge is 0.345 e. The van der Waals surface area contributed by atoms with Gasteiger partial charge in [-0.05, 0) is 11.6 Å². The Bertz CT molecular complexity index is 301. The molecule has 2 heteroatoms. The minimum absolute atomic E-state index is 0.00357. The predicted octanol–water partition coefficient (Wildman–Crippen LogP) is 1.79. The van der Waals surface area contributed by atoms with Crippen LogP contribution in [-0.4, -0.2) is 24.9 Å². The first kappa shape index (κ1) is 9.52. The summed E-state index contributed by atoms with van der Waals surface area (Å²) in [5.74, 6) is 0.00357. The quantitative estimate of drug-likeness (QED) is 0.627. The molecule has 0 aliphatic rings. The summed E-state index contributed by atoms with van der Waals surface area (Å²) < 4.78 is 0.